The quantitative estimate of drug-likeness (QED) is 0.669. The molecule has 0 saturated heterocycles. The number of ether oxygens (including phenoxy) is 1. The molecule has 6 nitrogen and oxygen atoms in total. The Morgan fingerprint density at radius 1 is 1.11 bits per heavy atom. The van der Waals surface area contributed by atoms with Crippen LogP contribution in [-0.2, 0) is 6.42 Å². The molecule has 0 fully saturated rings. The number of halogens is 1. The molecular weight excluding hydrogens is 347 g/mol. The first-order valence-electron chi connectivity index (χ1n) is 8.41. The van der Waals surface area contributed by atoms with Crippen molar-refractivity contribution in [2.24, 2.45) is 0 Å². The van der Waals surface area contributed by atoms with Gasteiger partial charge in [-0.3, -0.25) is 4.79 Å². The lowest BCUT2D eigenvalue weighted by atomic mass is 10.1. The molecule has 0 aliphatic heterocycles. The smallest absolute Gasteiger partial charge is 0.274 e. The number of hydrogen-bond acceptors (Lipinski definition) is 5. The predicted octanol–water partition coefficient (Wildman–Crippen LogP) is 3.53. The van der Waals surface area contributed by atoms with Gasteiger partial charge >= 0.3 is 0 Å². The minimum absolute atomic E-state index is 0.236. The number of nitrogens with zero attached hydrogens (tertiary/aromatic N) is 2. The Labute approximate surface area is 156 Å². The molecule has 1 aromatic heterocycles. The number of hydrogen-bond donors (Lipinski definition) is 2. The van der Waals surface area contributed by atoms with Crippen molar-refractivity contribution in [1.29, 1.82) is 0 Å². The summed E-state index contributed by atoms with van der Waals surface area (Å²) in [4.78, 5) is 20.8. The van der Waals surface area contributed by atoms with E-state index in [9.17, 15) is 9.18 Å². The number of nitrogens with one attached hydrogen (secondary N) is 2. The summed E-state index contributed by atoms with van der Waals surface area (Å²) in [6.07, 6.45) is 2.20. The second-order valence-electron chi connectivity index (χ2n) is 5.72. The highest BCUT2D eigenvalue weighted by Crippen LogP contribution is 2.23. The Morgan fingerprint density at radius 3 is 2.67 bits per heavy atom. The Bertz CT molecular complexity index is 916. The molecule has 3 rings (SSSR count). The van der Waals surface area contributed by atoms with Crippen LogP contribution in [0.15, 0.2) is 60.8 Å². The summed E-state index contributed by atoms with van der Waals surface area (Å²) in [5.74, 6) is 0.301. The molecule has 0 aliphatic carbocycles. The fourth-order valence-electron chi connectivity index (χ4n) is 2.47. The zero-order chi connectivity index (χ0) is 19.1. The summed E-state index contributed by atoms with van der Waals surface area (Å²) in [6.45, 7) is 0.559. The number of carbonyl (C=O) groups excluding carboxylic acids is 1. The lowest BCUT2D eigenvalue weighted by molar-refractivity contribution is 0.102. The second kappa shape index (κ2) is 8.75. The normalized spacial score (nSPS) is 10.3. The largest absolute Gasteiger partial charge is 0.495 e. The molecule has 0 bridgehead atoms. The molecule has 0 aliphatic rings. The zero-order valence-electron chi connectivity index (χ0n) is 14.8. The van der Waals surface area contributed by atoms with Gasteiger partial charge in [0.2, 0.25) is 5.95 Å². The van der Waals surface area contributed by atoms with Gasteiger partial charge in [-0.05, 0) is 42.3 Å². The Morgan fingerprint density at radius 2 is 1.89 bits per heavy atom. The number of aromatic nitrogens is 2. The van der Waals surface area contributed by atoms with Crippen molar-refractivity contribution in [3.8, 4) is 5.75 Å². The topological polar surface area (TPSA) is 76.1 Å². The summed E-state index contributed by atoms with van der Waals surface area (Å²) in [7, 11) is 1.54. The van der Waals surface area contributed by atoms with Crippen molar-refractivity contribution >= 4 is 17.5 Å². The van der Waals surface area contributed by atoms with E-state index in [0.717, 1.165) is 5.56 Å². The van der Waals surface area contributed by atoms with Gasteiger partial charge < -0.3 is 15.4 Å². The van der Waals surface area contributed by atoms with E-state index in [0.29, 0.717) is 30.4 Å². The molecule has 0 spiro atoms. The van der Waals surface area contributed by atoms with E-state index < -0.39 is 0 Å². The minimum atomic E-state index is -0.358. The van der Waals surface area contributed by atoms with E-state index in [4.69, 9.17) is 4.74 Å². The van der Waals surface area contributed by atoms with Crippen molar-refractivity contribution in [2.45, 2.75) is 6.42 Å². The van der Waals surface area contributed by atoms with Gasteiger partial charge in [-0.1, -0.05) is 24.3 Å². The standard InChI is InChI=1S/C20H19FN4O2/c1-27-18-5-3-2-4-16(18)24-19(26)17-11-13-23-20(25-17)22-12-10-14-6-8-15(21)9-7-14/h2-9,11,13H,10,12H2,1H3,(H,24,26)(H,22,23,25). The monoisotopic (exact) mass is 366 g/mol. The van der Waals surface area contributed by atoms with E-state index in [1.165, 1.54) is 24.4 Å². The van der Waals surface area contributed by atoms with Crippen molar-refractivity contribution in [3.63, 3.8) is 0 Å². The Hall–Kier alpha value is -3.48. The van der Waals surface area contributed by atoms with Crippen LogP contribution in [0.5, 0.6) is 5.75 Å². The Balaban J connectivity index is 1.60. The molecule has 138 valence electrons. The highest BCUT2D eigenvalue weighted by atomic mass is 19.1. The molecule has 0 saturated carbocycles. The highest BCUT2D eigenvalue weighted by molar-refractivity contribution is 6.03. The summed E-state index contributed by atoms with van der Waals surface area (Å²) in [6, 6.07) is 15.0. The van der Waals surface area contributed by atoms with Gasteiger partial charge in [0.25, 0.3) is 5.91 Å². The number of anilines is 2. The van der Waals surface area contributed by atoms with Crippen LogP contribution in [0.25, 0.3) is 0 Å². The maximum absolute atomic E-state index is 12.9. The molecular formula is C20H19FN4O2. The average Bonchev–Trinajstić information content (AvgIpc) is 2.70. The van der Waals surface area contributed by atoms with Crippen LogP contribution in [0.1, 0.15) is 16.1 Å². The number of benzene rings is 2. The molecule has 7 heteroatoms. The summed E-state index contributed by atoms with van der Waals surface area (Å²) in [5.41, 5.74) is 1.79. The molecule has 2 N–H and O–H groups in total. The highest BCUT2D eigenvalue weighted by Gasteiger charge is 2.11. The predicted molar refractivity (Wildman–Crippen MR) is 102 cm³/mol. The molecule has 3 aromatic rings. The lowest BCUT2D eigenvalue weighted by Crippen LogP contribution is -2.16. The number of methoxy groups -OCH3 is 1. The van der Waals surface area contributed by atoms with Gasteiger partial charge in [0.15, 0.2) is 0 Å². The van der Waals surface area contributed by atoms with Crippen LogP contribution in [0.2, 0.25) is 0 Å². The van der Waals surface area contributed by atoms with Gasteiger partial charge in [-0.2, -0.15) is 0 Å². The van der Waals surface area contributed by atoms with Crippen LogP contribution in [0, 0.1) is 5.82 Å². The second-order valence-corrected chi connectivity index (χ2v) is 5.72. The van der Waals surface area contributed by atoms with Crippen LogP contribution < -0.4 is 15.4 Å². The van der Waals surface area contributed by atoms with Crippen LogP contribution >= 0.6 is 0 Å². The van der Waals surface area contributed by atoms with E-state index in [-0.39, 0.29) is 17.4 Å². The van der Waals surface area contributed by atoms with E-state index in [1.807, 2.05) is 6.07 Å². The maximum atomic E-state index is 12.9. The average molecular weight is 366 g/mol. The first-order valence-corrected chi connectivity index (χ1v) is 8.41. The van der Waals surface area contributed by atoms with Gasteiger partial charge in [-0.25, -0.2) is 14.4 Å². The first-order chi connectivity index (χ1) is 13.2. The molecule has 0 atom stereocenters. The summed E-state index contributed by atoms with van der Waals surface area (Å²) in [5, 5.41) is 5.84. The molecule has 0 radical (unpaired) electrons. The SMILES string of the molecule is COc1ccccc1NC(=O)c1ccnc(NCCc2ccc(F)cc2)n1. The van der Waals surface area contributed by atoms with Crippen LogP contribution in [0.3, 0.4) is 0 Å². The summed E-state index contributed by atoms with van der Waals surface area (Å²) >= 11 is 0. The van der Waals surface area contributed by atoms with Crippen molar-refractivity contribution in [3.05, 3.63) is 77.9 Å². The third-order valence-corrected chi connectivity index (χ3v) is 3.85. The number of carbonyl (C=O) groups is 1. The number of rotatable bonds is 7. The number of para-hydroxylation sites is 2. The van der Waals surface area contributed by atoms with Gasteiger partial charge in [-0.15, -0.1) is 0 Å². The molecule has 0 unspecified atom stereocenters. The zero-order valence-corrected chi connectivity index (χ0v) is 14.8. The molecule has 2 aromatic carbocycles. The van der Waals surface area contributed by atoms with E-state index in [2.05, 4.69) is 20.6 Å². The van der Waals surface area contributed by atoms with Gasteiger partial charge in [0, 0.05) is 12.7 Å². The first kappa shape index (κ1) is 18.3. The van der Waals surface area contributed by atoms with E-state index in [1.54, 1.807) is 37.4 Å². The third-order valence-electron chi connectivity index (χ3n) is 3.85. The fourth-order valence-corrected chi connectivity index (χ4v) is 2.47. The maximum Gasteiger partial charge on any atom is 0.274 e. The van der Waals surface area contributed by atoms with Crippen molar-refractivity contribution < 1.29 is 13.9 Å². The fraction of sp³-hybridized carbons (Fsp3) is 0.150. The molecule has 1 heterocycles. The lowest BCUT2D eigenvalue weighted by Gasteiger charge is -2.10. The third kappa shape index (κ3) is 5.01. The van der Waals surface area contributed by atoms with Gasteiger partial charge in [0.1, 0.15) is 17.3 Å². The van der Waals surface area contributed by atoms with Crippen LogP contribution in [-0.4, -0.2) is 29.5 Å². The molecule has 27 heavy (non-hydrogen) atoms. The van der Waals surface area contributed by atoms with E-state index >= 15 is 0 Å². The summed E-state index contributed by atoms with van der Waals surface area (Å²) < 4.78 is 18.1. The van der Waals surface area contributed by atoms with Crippen LogP contribution in [0.4, 0.5) is 16.0 Å². The Kier molecular flexibility index (Phi) is 5.94. The van der Waals surface area contributed by atoms with Crippen molar-refractivity contribution in [2.75, 3.05) is 24.3 Å². The molecule has 1 amide bonds. The minimum Gasteiger partial charge on any atom is -0.495 e. The van der Waals surface area contributed by atoms with Gasteiger partial charge in [0.05, 0.1) is 12.8 Å². The van der Waals surface area contributed by atoms with Crippen molar-refractivity contribution in [1.82, 2.24) is 9.97 Å². The number of amides is 1.